The summed E-state index contributed by atoms with van der Waals surface area (Å²) in [7, 11) is 0. The number of halogens is 1. The van der Waals surface area contributed by atoms with Crippen LogP contribution in [0.4, 0.5) is 0 Å². The quantitative estimate of drug-likeness (QED) is 0.579. The number of benzene rings is 1. The maximum atomic E-state index is 10.8. The van der Waals surface area contributed by atoms with Gasteiger partial charge in [0.25, 0.3) is 0 Å². The van der Waals surface area contributed by atoms with Gasteiger partial charge in [-0.15, -0.1) is 11.8 Å². The van der Waals surface area contributed by atoms with Crippen LogP contribution in [0.3, 0.4) is 0 Å². The van der Waals surface area contributed by atoms with Crippen molar-refractivity contribution in [2.45, 2.75) is 30.9 Å². The molecule has 1 unspecified atom stereocenters. The third-order valence-corrected chi connectivity index (χ3v) is 4.11. The normalized spacial score (nSPS) is 12.9. The highest BCUT2D eigenvalue weighted by Crippen LogP contribution is 2.31. The van der Waals surface area contributed by atoms with Gasteiger partial charge in [0.15, 0.2) is 6.29 Å². The Morgan fingerprint density at radius 3 is 2.53 bits per heavy atom. The maximum Gasteiger partial charge on any atom is 0.151 e. The van der Waals surface area contributed by atoms with E-state index in [1.165, 1.54) is 0 Å². The highest BCUT2D eigenvalue weighted by Gasteiger charge is 2.11. The molecule has 0 aliphatic heterocycles. The third kappa shape index (κ3) is 3.54. The van der Waals surface area contributed by atoms with Crippen molar-refractivity contribution in [1.82, 2.24) is 0 Å². The average Bonchev–Trinajstić information content (AvgIpc) is 2.18. The molecule has 0 heterocycles. The van der Waals surface area contributed by atoms with E-state index in [2.05, 4.69) is 20.8 Å². The molecule has 1 atom stereocenters. The molecule has 1 aromatic carbocycles. The Morgan fingerprint density at radius 2 is 2.00 bits per heavy atom. The van der Waals surface area contributed by atoms with Gasteiger partial charge in [0.05, 0.1) is 0 Å². The minimum atomic E-state index is 0.474. The first-order valence-electron chi connectivity index (χ1n) is 4.96. The van der Waals surface area contributed by atoms with Crippen molar-refractivity contribution in [2.24, 2.45) is 5.92 Å². The van der Waals surface area contributed by atoms with Crippen LogP contribution in [0.15, 0.2) is 23.1 Å². The SMILES string of the molecule is CC(C)C(C)Sc1cc(Cl)ccc1C=O. The second-order valence-electron chi connectivity index (χ2n) is 3.87. The molecule has 0 bridgehead atoms. The molecule has 3 heteroatoms. The lowest BCUT2D eigenvalue weighted by atomic mass is 10.2. The Labute approximate surface area is 100 Å². The lowest BCUT2D eigenvalue weighted by Crippen LogP contribution is -2.05. The highest BCUT2D eigenvalue weighted by molar-refractivity contribution is 8.00. The van der Waals surface area contributed by atoms with E-state index in [1.807, 2.05) is 6.07 Å². The van der Waals surface area contributed by atoms with Crippen molar-refractivity contribution in [3.63, 3.8) is 0 Å². The second kappa shape index (κ2) is 5.57. The van der Waals surface area contributed by atoms with Gasteiger partial charge in [-0.2, -0.15) is 0 Å². The largest absolute Gasteiger partial charge is 0.298 e. The number of carbonyl (C=O) groups is 1. The molecule has 0 spiro atoms. The number of rotatable bonds is 4. The molecule has 1 rings (SSSR count). The monoisotopic (exact) mass is 242 g/mol. The van der Waals surface area contributed by atoms with Crippen LogP contribution in [0.25, 0.3) is 0 Å². The van der Waals surface area contributed by atoms with Crippen LogP contribution in [0.5, 0.6) is 0 Å². The molecule has 1 nitrogen and oxygen atoms in total. The summed E-state index contributed by atoms with van der Waals surface area (Å²) in [5.74, 6) is 0.577. The molecule has 0 saturated carbocycles. The van der Waals surface area contributed by atoms with Crippen molar-refractivity contribution in [1.29, 1.82) is 0 Å². The average molecular weight is 243 g/mol. The first-order chi connectivity index (χ1) is 7.04. The second-order valence-corrected chi connectivity index (χ2v) is 5.72. The van der Waals surface area contributed by atoms with Crippen molar-refractivity contribution >= 4 is 29.6 Å². The molecular weight excluding hydrogens is 228 g/mol. The van der Waals surface area contributed by atoms with Crippen LogP contribution in [0, 0.1) is 5.92 Å². The van der Waals surface area contributed by atoms with Gasteiger partial charge in [-0.1, -0.05) is 32.4 Å². The molecule has 0 saturated heterocycles. The summed E-state index contributed by atoms with van der Waals surface area (Å²) >= 11 is 7.61. The zero-order chi connectivity index (χ0) is 11.4. The summed E-state index contributed by atoms with van der Waals surface area (Å²) in [5, 5.41) is 1.15. The predicted molar refractivity (Wildman–Crippen MR) is 67.0 cm³/mol. The van der Waals surface area contributed by atoms with Crippen LogP contribution in [0.2, 0.25) is 5.02 Å². The molecule has 15 heavy (non-hydrogen) atoms. The smallest absolute Gasteiger partial charge is 0.151 e. The van der Waals surface area contributed by atoms with Gasteiger partial charge in [0, 0.05) is 20.7 Å². The third-order valence-electron chi connectivity index (χ3n) is 2.35. The fraction of sp³-hybridized carbons (Fsp3) is 0.417. The van der Waals surface area contributed by atoms with Crippen LogP contribution in [0.1, 0.15) is 31.1 Å². The summed E-state index contributed by atoms with van der Waals surface area (Å²) in [6.07, 6.45) is 0.881. The molecule has 0 amide bonds. The van der Waals surface area contributed by atoms with Crippen LogP contribution in [-0.4, -0.2) is 11.5 Å². The van der Waals surface area contributed by atoms with E-state index in [9.17, 15) is 4.79 Å². The molecule has 0 aliphatic carbocycles. The summed E-state index contributed by atoms with van der Waals surface area (Å²) in [5.41, 5.74) is 0.719. The van der Waals surface area contributed by atoms with Gasteiger partial charge >= 0.3 is 0 Å². The minimum absolute atomic E-state index is 0.474. The number of thioether (sulfide) groups is 1. The Bertz CT molecular complexity index is 349. The number of hydrogen-bond acceptors (Lipinski definition) is 2. The van der Waals surface area contributed by atoms with Crippen molar-refractivity contribution in [2.75, 3.05) is 0 Å². The topological polar surface area (TPSA) is 17.1 Å². The summed E-state index contributed by atoms with van der Waals surface area (Å²) in [4.78, 5) is 11.8. The number of hydrogen-bond donors (Lipinski definition) is 0. The standard InChI is InChI=1S/C12H15ClOS/c1-8(2)9(3)15-12-6-11(13)5-4-10(12)7-14/h4-9H,1-3H3. The predicted octanol–water partition coefficient (Wildman–Crippen LogP) is 4.29. The molecule has 0 fully saturated rings. The van der Waals surface area contributed by atoms with E-state index < -0.39 is 0 Å². The van der Waals surface area contributed by atoms with E-state index in [4.69, 9.17) is 11.6 Å². The number of carbonyl (C=O) groups excluding carboxylic acids is 1. The summed E-state index contributed by atoms with van der Waals surface area (Å²) in [6.45, 7) is 6.50. The van der Waals surface area contributed by atoms with E-state index >= 15 is 0 Å². The zero-order valence-electron chi connectivity index (χ0n) is 9.16. The first-order valence-corrected chi connectivity index (χ1v) is 6.21. The summed E-state index contributed by atoms with van der Waals surface area (Å²) < 4.78 is 0. The van der Waals surface area contributed by atoms with Crippen LogP contribution in [-0.2, 0) is 0 Å². The highest BCUT2D eigenvalue weighted by atomic mass is 35.5. The van der Waals surface area contributed by atoms with E-state index in [-0.39, 0.29) is 0 Å². The van der Waals surface area contributed by atoms with Gasteiger partial charge in [-0.25, -0.2) is 0 Å². The van der Waals surface area contributed by atoms with Crippen LogP contribution < -0.4 is 0 Å². The summed E-state index contributed by atoms with van der Waals surface area (Å²) in [6, 6.07) is 5.37. The molecule has 82 valence electrons. The number of aldehydes is 1. The van der Waals surface area contributed by atoms with Crippen molar-refractivity contribution < 1.29 is 4.79 Å². The Kier molecular flexibility index (Phi) is 4.68. The molecule has 0 aliphatic rings. The molecule has 1 aromatic rings. The molecule has 0 radical (unpaired) electrons. The molecule has 0 N–H and O–H groups in total. The van der Waals surface area contributed by atoms with E-state index in [1.54, 1.807) is 23.9 Å². The Balaban J connectivity index is 2.92. The lowest BCUT2D eigenvalue weighted by Gasteiger charge is -2.16. The van der Waals surface area contributed by atoms with Crippen molar-refractivity contribution in [3.8, 4) is 0 Å². The van der Waals surface area contributed by atoms with Gasteiger partial charge in [-0.3, -0.25) is 4.79 Å². The van der Waals surface area contributed by atoms with E-state index in [0.717, 1.165) is 16.7 Å². The van der Waals surface area contributed by atoms with Gasteiger partial charge in [-0.05, 0) is 24.1 Å². The maximum absolute atomic E-state index is 10.8. The zero-order valence-corrected chi connectivity index (χ0v) is 10.7. The van der Waals surface area contributed by atoms with E-state index in [0.29, 0.717) is 16.2 Å². The minimum Gasteiger partial charge on any atom is -0.298 e. The Morgan fingerprint density at radius 1 is 1.33 bits per heavy atom. The van der Waals surface area contributed by atoms with Gasteiger partial charge in [0.2, 0.25) is 0 Å². The molecule has 0 aromatic heterocycles. The fourth-order valence-electron chi connectivity index (χ4n) is 1.04. The van der Waals surface area contributed by atoms with Gasteiger partial charge < -0.3 is 0 Å². The Hall–Kier alpha value is -0.470. The van der Waals surface area contributed by atoms with Crippen LogP contribution >= 0.6 is 23.4 Å². The molecular formula is C12H15ClOS. The first kappa shape index (κ1) is 12.6. The fourth-order valence-corrected chi connectivity index (χ4v) is 2.40. The van der Waals surface area contributed by atoms with Crippen molar-refractivity contribution in [3.05, 3.63) is 28.8 Å². The lowest BCUT2D eigenvalue weighted by molar-refractivity contribution is 0.112. The van der Waals surface area contributed by atoms with Gasteiger partial charge in [0.1, 0.15) is 0 Å².